The van der Waals surface area contributed by atoms with Gasteiger partial charge in [0.2, 0.25) is 5.91 Å². The minimum atomic E-state index is -0.0443. The van der Waals surface area contributed by atoms with Crippen molar-refractivity contribution < 1.29 is 4.79 Å². The summed E-state index contributed by atoms with van der Waals surface area (Å²) in [7, 11) is 0. The van der Waals surface area contributed by atoms with Gasteiger partial charge in [-0.2, -0.15) is 5.10 Å². The predicted octanol–water partition coefficient (Wildman–Crippen LogP) is 2.58. The molecule has 1 aliphatic rings. The molecule has 0 saturated carbocycles. The molecule has 1 amide bonds. The van der Waals surface area contributed by atoms with Crippen LogP contribution in [0.25, 0.3) is 11.1 Å². The molecule has 88 valence electrons. The van der Waals surface area contributed by atoms with Crippen molar-refractivity contribution in [2.75, 3.05) is 0 Å². The van der Waals surface area contributed by atoms with Crippen LogP contribution < -0.4 is 5.43 Å². The molecular formula is C15H12N2O. The van der Waals surface area contributed by atoms with Gasteiger partial charge < -0.3 is 0 Å². The van der Waals surface area contributed by atoms with E-state index in [0.29, 0.717) is 6.42 Å². The van der Waals surface area contributed by atoms with Crippen molar-refractivity contribution in [1.29, 1.82) is 0 Å². The molecule has 3 nitrogen and oxygen atoms in total. The van der Waals surface area contributed by atoms with E-state index < -0.39 is 0 Å². The van der Waals surface area contributed by atoms with Crippen LogP contribution in [0.1, 0.15) is 12.0 Å². The summed E-state index contributed by atoms with van der Waals surface area (Å²) in [6.45, 7) is 0. The average Bonchev–Trinajstić information content (AvgIpc) is 2.87. The van der Waals surface area contributed by atoms with Gasteiger partial charge >= 0.3 is 0 Å². The van der Waals surface area contributed by atoms with Crippen LogP contribution >= 0.6 is 0 Å². The number of nitrogens with one attached hydrogen (secondary N) is 1. The lowest BCUT2D eigenvalue weighted by Gasteiger charge is -2.03. The first-order valence-corrected chi connectivity index (χ1v) is 5.84. The number of benzene rings is 2. The Morgan fingerprint density at radius 1 is 0.833 bits per heavy atom. The van der Waals surface area contributed by atoms with Gasteiger partial charge in [0, 0.05) is 0 Å². The lowest BCUT2D eigenvalue weighted by atomic mass is 10.0. The Morgan fingerprint density at radius 2 is 1.44 bits per heavy atom. The SMILES string of the molecule is O=C1CC(c2ccc(-c3ccccc3)cc2)=NN1. The van der Waals surface area contributed by atoms with Crippen LogP contribution in [0, 0.1) is 0 Å². The van der Waals surface area contributed by atoms with E-state index in [2.05, 4.69) is 34.8 Å². The van der Waals surface area contributed by atoms with Gasteiger partial charge in [-0.1, -0.05) is 54.6 Å². The minimum Gasteiger partial charge on any atom is -0.273 e. The Bertz CT molecular complexity index is 600. The van der Waals surface area contributed by atoms with Crippen molar-refractivity contribution in [1.82, 2.24) is 5.43 Å². The van der Waals surface area contributed by atoms with Crippen LogP contribution in [-0.4, -0.2) is 11.6 Å². The third-order valence-corrected chi connectivity index (χ3v) is 2.97. The number of hydrogen-bond donors (Lipinski definition) is 1. The van der Waals surface area contributed by atoms with Gasteiger partial charge in [0.05, 0.1) is 12.1 Å². The van der Waals surface area contributed by atoms with E-state index in [1.807, 2.05) is 30.3 Å². The maximum absolute atomic E-state index is 11.1. The smallest absolute Gasteiger partial charge is 0.246 e. The molecule has 0 fully saturated rings. The molecule has 3 heteroatoms. The van der Waals surface area contributed by atoms with Gasteiger partial charge in [0.1, 0.15) is 0 Å². The predicted molar refractivity (Wildman–Crippen MR) is 71.2 cm³/mol. The molecule has 18 heavy (non-hydrogen) atoms. The number of nitrogens with zero attached hydrogens (tertiary/aromatic N) is 1. The molecule has 1 N–H and O–H groups in total. The first kappa shape index (κ1) is 10.7. The lowest BCUT2D eigenvalue weighted by Crippen LogP contribution is -2.09. The van der Waals surface area contributed by atoms with Crippen molar-refractivity contribution in [3.05, 3.63) is 60.2 Å². The molecule has 2 aromatic carbocycles. The van der Waals surface area contributed by atoms with E-state index in [9.17, 15) is 4.79 Å². The van der Waals surface area contributed by atoms with Gasteiger partial charge in [0.25, 0.3) is 0 Å². The highest BCUT2D eigenvalue weighted by Crippen LogP contribution is 2.20. The van der Waals surface area contributed by atoms with Crippen LogP contribution in [-0.2, 0) is 4.79 Å². The van der Waals surface area contributed by atoms with Crippen molar-refractivity contribution in [3.63, 3.8) is 0 Å². The molecule has 0 unspecified atom stereocenters. The second kappa shape index (κ2) is 4.45. The summed E-state index contributed by atoms with van der Waals surface area (Å²) >= 11 is 0. The Balaban J connectivity index is 1.88. The van der Waals surface area contributed by atoms with Crippen molar-refractivity contribution >= 4 is 11.6 Å². The summed E-state index contributed by atoms with van der Waals surface area (Å²) in [6, 6.07) is 18.3. The Morgan fingerprint density at radius 3 is 2.06 bits per heavy atom. The van der Waals surface area contributed by atoms with E-state index >= 15 is 0 Å². The first-order valence-electron chi connectivity index (χ1n) is 5.84. The maximum atomic E-state index is 11.1. The van der Waals surface area contributed by atoms with Crippen LogP contribution in [0.2, 0.25) is 0 Å². The molecule has 3 rings (SSSR count). The monoisotopic (exact) mass is 236 g/mol. The summed E-state index contributed by atoms with van der Waals surface area (Å²) in [5.41, 5.74) is 6.61. The fraction of sp³-hybridized carbons (Fsp3) is 0.0667. The molecule has 0 bridgehead atoms. The second-order valence-corrected chi connectivity index (χ2v) is 4.21. The van der Waals surface area contributed by atoms with E-state index in [0.717, 1.165) is 16.8 Å². The lowest BCUT2D eigenvalue weighted by molar-refractivity contribution is -0.119. The summed E-state index contributed by atoms with van der Waals surface area (Å²) in [5.74, 6) is -0.0443. The Kier molecular flexibility index (Phi) is 2.65. The first-order chi connectivity index (χ1) is 8.83. The highest BCUT2D eigenvalue weighted by molar-refractivity contribution is 6.13. The average molecular weight is 236 g/mol. The molecule has 0 saturated heterocycles. The summed E-state index contributed by atoms with van der Waals surface area (Å²) in [6.07, 6.45) is 0.366. The zero-order valence-corrected chi connectivity index (χ0v) is 9.76. The van der Waals surface area contributed by atoms with Crippen molar-refractivity contribution in [2.24, 2.45) is 5.10 Å². The van der Waals surface area contributed by atoms with Crippen molar-refractivity contribution in [2.45, 2.75) is 6.42 Å². The van der Waals surface area contributed by atoms with Gasteiger partial charge in [-0.05, 0) is 16.7 Å². The Hall–Kier alpha value is -2.42. The standard InChI is InChI=1S/C15H12N2O/c18-15-10-14(16-17-15)13-8-6-12(7-9-13)11-4-2-1-3-5-11/h1-9H,10H2,(H,17,18). The number of amides is 1. The highest BCUT2D eigenvalue weighted by atomic mass is 16.2. The molecule has 2 aromatic rings. The van der Waals surface area contributed by atoms with Crippen molar-refractivity contribution in [3.8, 4) is 11.1 Å². The van der Waals surface area contributed by atoms with Crippen LogP contribution in [0.3, 0.4) is 0 Å². The van der Waals surface area contributed by atoms with Gasteiger partial charge in [-0.3, -0.25) is 4.79 Å². The minimum absolute atomic E-state index is 0.0443. The number of hydrazone groups is 1. The summed E-state index contributed by atoms with van der Waals surface area (Å²) in [5, 5.41) is 4.01. The zero-order valence-electron chi connectivity index (χ0n) is 9.76. The number of carbonyl (C=O) groups excluding carboxylic acids is 1. The van der Waals surface area contributed by atoms with Gasteiger partial charge in [-0.25, -0.2) is 5.43 Å². The third-order valence-electron chi connectivity index (χ3n) is 2.97. The van der Waals surface area contributed by atoms with Crippen LogP contribution in [0.5, 0.6) is 0 Å². The highest BCUT2D eigenvalue weighted by Gasteiger charge is 2.15. The summed E-state index contributed by atoms with van der Waals surface area (Å²) in [4.78, 5) is 11.1. The number of hydrogen-bond acceptors (Lipinski definition) is 2. The topological polar surface area (TPSA) is 41.5 Å². The van der Waals surface area contributed by atoms with E-state index in [4.69, 9.17) is 0 Å². The molecule has 0 aromatic heterocycles. The van der Waals surface area contributed by atoms with Crippen LogP contribution in [0.4, 0.5) is 0 Å². The molecule has 0 aliphatic carbocycles. The molecule has 0 atom stereocenters. The van der Waals surface area contributed by atoms with E-state index in [1.54, 1.807) is 0 Å². The molecule has 0 radical (unpaired) electrons. The van der Waals surface area contributed by atoms with Crippen LogP contribution in [0.15, 0.2) is 59.7 Å². The van der Waals surface area contributed by atoms with Gasteiger partial charge in [-0.15, -0.1) is 0 Å². The zero-order chi connectivity index (χ0) is 12.4. The maximum Gasteiger partial charge on any atom is 0.246 e. The fourth-order valence-electron chi connectivity index (χ4n) is 2.01. The number of carbonyl (C=O) groups is 1. The van der Waals surface area contributed by atoms with E-state index in [1.165, 1.54) is 5.56 Å². The quantitative estimate of drug-likeness (QED) is 0.855. The fourth-order valence-corrected chi connectivity index (χ4v) is 2.01. The summed E-state index contributed by atoms with van der Waals surface area (Å²) < 4.78 is 0. The molecule has 1 heterocycles. The molecule has 0 spiro atoms. The third kappa shape index (κ3) is 2.02. The second-order valence-electron chi connectivity index (χ2n) is 4.21. The molecule has 1 aliphatic heterocycles. The van der Waals surface area contributed by atoms with Gasteiger partial charge in [0.15, 0.2) is 0 Å². The number of rotatable bonds is 2. The van der Waals surface area contributed by atoms with E-state index in [-0.39, 0.29) is 5.91 Å². The Labute approximate surface area is 105 Å². The largest absolute Gasteiger partial charge is 0.273 e. The normalized spacial score (nSPS) is 14.2. The molecular weight excluding hydrogens is 224 g/mol.